The zero-order valence-electron chi connectivity index (χ0n) is 32.5. The topological polar surface area (TPSA) is 63.3 Å². The molecule has 1 aliphatic rings. The van der Waals surface area contributed by atoms with E-state index >= 15 is 0 Å². The molecule has 0 radical (unpaired) electrons. The van der Waals surface area contributed by atoms with Crippen LogP contribution < -0.4 is 9.47 Å². The summed E-state index contributed by atoms with van der Waals surface area (Å²) >= 11 is 0. The Balaban J connectivity index is 1.36. The Kier molecular flexibility index (Phi) is 9.06. The van der Waals surface area contributed by atoms with Gasteiger partial charge < -0.3 is 14.2 Å². The summed E-state index contributed by atoms with van der Waals surface area (Å²) in [6.45, 7) is 20.5. The Labute approximate surface area is 308 Å². The largest absolute Gasteiger partial charge is 0.497 e. The molecular weight excluding hydrogens is 645 g/mol. The van der Waals surface area contributed by atoms with Crippen LogP contribution in [0.3, 0.4) is 0 Å². The number of rotatable bonds is 7. The zero-order chi connectivity index (χ0) is 37.1. The number of hydrogen-bond donors (Lipinski definition) is 0. The van der Waals surface area contributed by atoms with Crippen LogP contribution >= 0.6 is 0 Å². The number of para-hydroxylation sites is 1. The maximum atomic E-state index is 6.74. The summed E-state index contributed by atoms with van der Waals surface area (Å²) in [5, 5.41) is 7.78. The lowest BCUT2D eigenvalue weighted by Gasteiger charge is -2.36. The van der Waals surface area contributed by atoms with Crippen LogP contribution in [0.1, 0.15) is 90.2 Å². The number of nitrogens with zero attached hydrogens (tertiary/aromatic N) is 4. The lowest BCUT2D eigenvalue weighted by atomic mass is 9.69. The average Bonchev–Trinajstić information content (AvgIpc) is 3.65. The summed E-state index contributed by atoms with van der Waals surface area (Å²) < 4.78 is 22.5. The number of ether oxygens (including phenoxy) is 3. The maximum absolute atomic E-state index is 6.74. The van der Waals surface area contributed by atoms with Crippen molar-refractivity contribution in [2.45, 2.75) is 91.6 Å². The molecule has 0 bridgehead atoms. The number of pyridine rings is 1. The molecule has 3 aromatic carbocycles. The van der Waals surface area contributed by atoms with Gasteiger partial charge in [-0.05, 0) is 68.1 Å². The third-order valence-corrected chi connectivity index (χ3v) is 10.4. The second-order valence-corrected chi connectivity index (χ2v) is 16.6. The molecular formula is C45H52N4O3. The fourth-order valence-corrected chi connectivity index (χ4v) is 8.24. The van der Waals surface area contributed by atoms with Crippen LogP contribution in [0.4, 0.5) is 0 Å². The van der Waals surface area contributed by atoms with Crippen LogP contribution in [0, 0.1) is 12.8 Å². The van der Waals surface area contributed by atoms with E-state index in [1.165, 1.54) is 16.8 Å². The molecule has 0 amide bonds. The Morgan fingerprint density at radius 1 is 0.769 bits per heavy atom. The zero-order valence-corrected chi connectivity index (χ0v) is 32.5. The normalized spacial score (nSPS) is 18.2. The molecule has 0 spiro atoms. The van der Waals surface area contributed by atoms with Gasteiger partial charge in [0, 0.05) is 64.6 Å². The number of hydrogen-bond acceptors (Lipinski definition) is 5. The van der Waals surface area contributed by atoms with E-state index in [1.807, 2.05) is 19.2 Å². The molecule has 0 fully saturated rings. The van der Waals surface area contributed by atoms with Crippen molar-refractivity contribution in [2.75, 3.05) is 14.2 Å². The van der Waals surface area contributed by atoms with Gasteiger partial charge >= 0.3 is 0 Å². The standard InChI is InChI=1S/C45H52N4O3/c1-27-20-30(49-43(45(7,8)9)41(42(47-49)44(4,5)6)40-28(2)22-33(51-11)23-29(40)3)24-34(21-27)52-32-16-17-36-35-14-12-13-15-37(35)48(38(36)25-32)39-26-31(50-10)18-19-46-39/h12-22,24-26,29,33,40H,23H2,1-11H3/t29-,33-,40?/m0/s1. The van der Waals surface area contributed by atoms with Crippen LogP contribution in [0.15, 0.2) is 90.6 Å². The van der Waals surface area contributed by atoms with Crippen LogP contribution in [0.25, 0.3) is 33.3 Å². The predicted octanol–water partition coefficient (Wildman–Crippen LogP) is 11.2. The van der Waals surface area contributed by atoms with E-state index in [0.717, 1.165) is 68.2 Å². The molecule has 7 heteroatoms. The minimum absolute atomic E-state index is 0.140. The molecule has 7 rings (SSSR count). The van der Waals surface area contributed by atoms with Crippen molar-refractivity contribution < 1.29 is 14.2 Å². The first-order chi connectivity index (χ1) is 24.7. The number of allylic oxidation sites excluding steroid dienone is 1. The smallest absolute Gasteiger partial charge is 0.141 e. The summed E-state index contributed by atoms with van der Waals surface area (Å²) in [4.78, 5) is 4.73. The van der Waals surface area contributed by atoms with E-state index in [0.29, 0.717) is 5.92 Å². The van der Waals surface area contributed by atoms with Gasteiger partial charge in [0.15, 0.2) is 0 Å². The van der Waals surface area contributed by atoms with Crippen LogP contribution in [0.2, 0.25) is 0 Å². The molecule has 3 aromatic heterocycles. The summed E-state index contributed by atoms with van der Waals surface area (Å²) in [6, 6.07) is 25.0. The Hall–Kier alpha value is -4.88. The van der Waals surface area contributed by atoms with E-state index in [4.69, 9.17) is 24.3 Å². The number of fused-ring (bicyclic) bond motifs is 3. The van der Waals surface area contributed by atoms with Gasteiger partial charge in [-0.3, -0.25) is 4.57 Å². The number of aryl methyl sites for hydroxylation is 1. The highest BCUT2D eigenvalue weighted by molar-refractivity contribution is 6.09. The molecule has 1 unspecified atom stereocenters. The van der Waals surface area contributed by atoms with Gasteiger partial charge in [-0.1, -0.05) is 78.3 Å². The van der Waals surface area contributed by atoms with Crippen LogP contribution in [-0.4, -0.2) is 39.7 Å². The second kappa shape index (κ2) is 13.3. The molecule has 0 saturated heterocycles. The van der Waals surface area contributed by atoms with Crippen LogP contribution in [-0.2, 0) is 15.6 Å². The van der Waals surface area contributed by atoms with Gasteiger partial charge in [0.05, 0.1) is 41.3 Å². The fourth-order valence-electron chi connectivity index (χ4n) is 8.24. The monoisotopic (exact) mass is 696 g/mol. The Morgan fingerprint density at radius 3 is 2.21 bits per heavy atom. The van der Waals surface area contributed by atoms with E-state index < -0.39 is 0 Å². The van der Waals surface area contributed by atoms with Crippen LogP contribution in [0.5, 0.6) is 17.2 Å². The first-order valence-electron chi connectivity index (χ1n) is 18.4. The van der Waals surface area contributed by atoms with Gasteiger partial charge in [0.2, 0.25) is 0 Å². The Bertz CT molecular complexity index is 2310. The van der Waals surface area contributed by atoms with Gasteiger partial charge in [-0.2, -0.15) is 5.10 Å². The molecule has 7 nitrogen and oxygen atoms in total. The van der Waals surface area contributed by atoms with E-state index in [9.17, 15) is 0 Å². The van der Waals surface area contributed by atoms with Crippen molar-refractivity contribution in [3.05, 3.63) is 113 Å². The average molecular weight is 697 g/mol. The minimum Gasteiger partial charge on any atom is -0.497 e. The van der Waals surface area contributed by atoms with Crippen molar-refractivity contribution in [3.8, 4) is 28.8 Å². The van der Waals surface area contributed by atoms with Crippen molar-refractivity contribution in [1.82, 2.24) is 19.3 Å². The number of aromatic nitrogens is 4. The summed E-state index contributed by atoms with van der Waals surface area (Å²) in [6.07, 6.45) is 5.22. The quantitative estimate of drug-likeness (QED) is 0.155. The molecule has 0 saturated carbocycles. The third kappa shape index (κ3) is 6.40. The molecule has 0 N–H and O–H groups in total. The fraction of sp³-hybridized carbons (Fsp3) is 0.378. The molecule has 270 valence electrons. The number of methoxy groups -OCH3 is 2. The first-order valence-corrected chi connectivity index (χ1v) is 18.4. The van der Waals surface area contributed by atoms with Gasteiger partial charge in [0.25, 0.3) is 0 Å². The minimum atomic E-state index is -0.179. The molecule has 52 heavy (non-hydrogen) atoms. The van der Waals surface area contributed by atoms with Crippen molar-refractivity contribution in [3.63, 3.8) is 0 Å². The van der Waals surface area contributed by atoms with Gasteiger partial charge in [0.1, 0.15) is 23.1 Å². The van der Waals surface area contributed by atoms with Gasteiger partial charge in [-0.15, -0.1) is 0 Å². The predicted molar refractivity (Wildman–Crippen MR) is 212 cm³/mol. The first kappa shape index (κ1) is 35.5. The lowest BCUT2D eigenvalue weighted by molar-refractivity contribution is 0.108. The number of benzene rings is 3. The highest BCUT2D eigenvalue weighted by atomic mass is 16.5. The second-order valence-electron chi connectivity index (χ2n) is 16.6. The molecule has 1 aliphatic carbocycles. The van der Waals surface area contributed by atoms with Gasteiger partial charge in [-0.25, -0.2) is 9.67 Å². The molecule has 0 aliphatic heterocycles. The lowest BCUT2D eigenvalue weighted by Crippen LogP contribution is -2.29. The summed E-state index contributed by atoms with van der Waals surface area (Å²) in [5.41, 5.74) is 8.92. The summed E-state index contributed by atoms with van der Waals surface area (Å²) in [5.74, 6) is 3.70. The summed E-state index contributed by atoms with van der Waals surface area (Å²) in [7, 11) is 3.49. The SMILES string of the molecule is COc1ccnc(-n2c3ccccc3c3ccc(Oc4cc(C)cc(-n5nc(C(C)(C)C)c(C6C(C)=C[C@H](OC)C[C@@H]6C)c5C(C)(C)C)c4)cc32)c1. The van der Waals surface area contributed by atoms with E-state index in [1.54, 1.807) is 13.3 Å². The highest BCUT2D eigenvalue weighted by Crippen LogP contribution is 2.48. The molecule has 6 aromatic rings. The Morgan fingerprint density at radius 2 is 1.52 bits per heavy atom. The van der Waals surface area contributed by atoms with E-state index in [2.05, 4.69) is 138 Å². The third-order valence-electron chi connectivity index (χ3n) is 10.4. The molecule has 3 heterocycles. The maximum Gasteiger partial charge on any atom is 0.141 e. The molecule has 3 atom stereocenters. The van der Waals surface area contributed by atoms with Crippen molar-refractivity contribution >= 4 is 21.8 Å². The van der Waals surface area contributed by atoms with Crippen molar-refractivity contribution in [2.24, 2.45) is 5.92 Å². The van der Waals surface area contributed by atoms with E-state index in [-0.39, 0.29) is 22.9 Å². The van der Waals surface area contributed by atoms with Crippen molar-refractivity contribution in [1.29, 1.82) is 0 Å². The highest BCUT2D eigenvalue weighted by Gasteiger charge is 2.40.